The van der Waals surface area contributed by atoms with Crippen LogP contribution in [0.15, 0.2) is 6.07 Å². The van der Waals surface area contributed by atoms with Crippen LogP contribution >= 0.6 is 11.6 Å². The van der Waals surface area contributed by atoms with Crippen molar-refractivity contribution in [3.05, 3.63) is 28.0 Å². The van der Waals surface area contributed by atoms with E-state index in [1.54, 1.807) is 6.92 Å². The highest BCUT2D eigenvalue weighted by molar-refractivity contribution is 6.31. The zero-order valence-electron chi connectivity index (χ0n) is 8.05. The van der Waals surface area contributed by atoms with E-state index in [0.29, 0.717) is 5.56 Å². The third kappa shape index (κ3) is 2.59. The number of hydrogen-bond donors (Lipinski definition) is 2. The van der Waals surface area contributed by atoms with Crippen molar-refractivity contribution in [3.63, 3.8) is 0 Å². The van der Waals surface area contributed by atoms with Crippen molar-refractivity contribution in [2.75, 3.05) is 0 Å². The van der Waals surface area contributed by atoms with Gasteiger partial charge in [0, 0.05) is 17.0 Å². The van der Waals surface area contributed by atoms with Crippen LogP contribution in [0, 0.1) is 12.7 Å². The Morgan fingerprint density at radius 1 is 1.60 bits per heavy atom. The average molecular weight is 233 g/mol. The fourth-order valence-electron chi connectivity index (χ4n) is 1.29. The molecule has 2 N–H and O–H groups in total. The van der Waals surface area contributed by atoms with Gasteiger partial charge in [0.1, 0.15) is 0 Å². The molecule has 0 amide bonds. The van der Waals surface area contributed by atoms with Crippen molar-refractivity contribution in [2.45, 2.75) is 19.8 Å². The molecule has 0 atom stereocenters. The SMILES string of the molecule is Cc1c(Cl)cc(F)c(O)c1CCC(=O)O. The Bertz CT molecular complexity index is 378. The molecular weight excluding hydrogens is 223 g/mol. The Morgan fingerprint density at radius 3 is 2.73 bits per heavy atom. The van der Waals surface area contributed by atoms with E-state index in [2.05, 4.69) is 0 Å². The smallest absolute Gasteiger partial charge is 0.303 e. The fraction of sp³-hybridized carbons (Fsp3) is 0.300. The maximum atomic E-state index is 13.1. The second kappa shape index (κ2) is 4.49. The van der Waals surface area contributed by atoms with Crippen molar-refractivity contribution in [1.82, 2.24) is 0 Å². The normalized spacial score (nSPS) is 10.3. The Kier molecular flexibility index (Phi) is 3.52. The quantitative estimate of drug-likeness (QED) is 0.842. The number of halogens is 2. The molecule has 0 unspecified atom stereocenters. The van der Waals surface area contributed by atoms with E-state index in [0.717, 1.165) is 6.07 Å². The number of hydrogen-bond acceptors (Lipinski definition) is 2. The first kappa shape index (κ1) is 11.8. The van der Waals surface area contributed by atoms with Crippen LogP contribution in [0.1, 0.15) is 17.5 Å². The van der Waals surface area contributed by atoms with Gasteiger partial charge >= 0.3 is 5.97 Å². The first-order valence-corrected chi connectivity index (χ1v) is 4.69. The number of carboxylic acid groups (broad SMARTS) is 1. The van der Waals surface area contributed by atoms with Gasteiger partial charge in [0.2, 0.25) is 0 Å². The van der Waals surface area contributed by atoms with Gasteiger partial charge in [0.05, 0.1) is 0 Å². The van der Waals surface area contributed by atoms with E-state index >= 15 is 0 Å². The molecule has 0 radical (unpaired) electrons. The highest BCUT2D eigenvalue weighted by Gasteiger charge is 2.14. The van der Waals surface area contributed by atoms with Crippen LogP contribution in [0.2, 0.25) is 5.02 Å². The average Bonchev–Trinajstić information content (AvgIpc) is 2.14. The molecule has 0 aliphatic rings. The molecule has 1 aromatic carbocycles. The van der Waals surface area contributed by atoms with Crippen LogP contribution < -0.4 is 0 Å². The second-order valence-corrected chi connectivity index (χ2v) is 3.59. The third-order valence-corrected chi connectivity index (χ3v) is 2.56. The summed E-state index contributed by atoms with van der Waals surface area (Å²) in [6.45, 7) is 1.61. The third-order valence-electron chi connectivity index (χ3n) is 2.17. The lowest BCUT2D eigenvalue weighted by molar-refractivity contribution is -0.136. The molecular formula is C10H10ClFO3. The molecule has 0 fully saturated rings. The molecule has 0 saturated heterocycles. The van der Waals surface area contributed by atoms with Gasteiger partial charge in [0.25, 0.3) is 0 Å². The van der Waals surface area contributed by atoms with Crippen LogP contribution in [0.25, 0.3) is 0 Å². The van der Waals surface area contributed by atoms with Crippen LogP contribution in [-0.2, 0) is 11.2 Å². The van der Waals surface area contributed by atoms with Crippen LogP contribution in [0.5, 0.6) is 5.75 Å². The summed E-state index contributed by atoms with van der Waals surface area (Å²) in [5, 5.41) is 18.1. The van der Waals surface area contributed by atoms with Crippen LogP contribution in [0.4, 0.5) is 4.39 Å². The van der Waals surface area contributed by atoms with E-state index in [9.17, 15) is 14.3 Å². The van der Waals surface area contributed by atoms with Gasteiger partial charge in [-0.1, -0.05) is 11.6 Å². The lowest BCUT2D eigenvalue weighted by Crippen LogP contribution is -2.01. The van der Waals surface area contributed by atoms with E-state index < -0.39 is 17.5 Å². The molecule has 15 heavy (non-hydrogen) atoms. The summed E-state index contributed by atoms with van der Waals surface area (Å²) in [4.78, 5) is 10.4. The molecule has 0 spiro atoms. The lowest BCUT2D eigenvalue weighted by atomic mass is 10.0. The number of rotatable bonds is 3. The Hall–Kier alpha value is -1.29. The summed E-state index contributed by atoms with van der Waals surface area (Å²) < 4.78 is 13.1. The molecule has 1 aromatic rings. The highest BCUT2D eigenvalue weighted by atomic mass is 35.5. The van der Waals surface area contributed by atoms with E-state index in [-0.39, 0.29) is 23.4 Å². The summed E-state index contributed by atoms with van der Waals surface area (Å²) in [5.41, 5.74) is 0.763. The summed E-state index contributed by atoms with van der Waals surface area (Å²) in [6.07, 6.45) is -0.112. The zero-order chi connectivity index (χ0) is 11.6. The summed E-state index contributed by atoms with van der Waals surface area (Å²) in [7, 11) is 0. The van der Waals surface area contributed by atoms with Crippen molar-refractivity contribution in [2.24, 2.45) is 0 Å². The second-order valence-electron chi connectivity index (χ2n) is 3.19. The minimum absolute atomic E-state index is 0.0600. The number of phenols is 1. The van der Waals surface area contributed by atoms with E-state index in [4.69, 9.17) is 16.7 Å². The van der Waals surface area contributed by atoms with Crippen molar-refractivity contribution in [1.29, 1.82) is 0 Å². The largest absolute Gasteiger partial charge is 0.505 e. The highest BCUT2D eigenvalue weighted by Crippen LogP contribution is 2.31. The predicted octanol–water partition coefficient (Wildman–Crippen LogP) is 2.51. The summed E-state index contributed by atoms with van der Waals surface area (Å²) in [5.74, 6) is -2.35. The van der Waals surface area contributed by atoms with Gasteiger partial charge in [0.15, 0.2) is 11.6 Å². The van der Waals surface area contributed by atoms with E-state index in [1.807, 2.05) is 0 Å². The molecule has 0 aliphatic carbocycles. The summed E-state index contributed by atoms with van der Waals surface area (Å²) in [6, 6.07) is 1.01. The molecule has 1 rings (SSSR count). The van der Waals surface area contributed by atoms with Gasteiger partial charge in [-0.15, -0.1) is 0 Å². The molecule has 0 saturated carbocycles. The van der Waals surface area contributed by atoms with Crippen molar-refractivity contribution in [3.8, 4) is 5.75 Å². The number of aliphatic carboxylic acids is 1. The summed E-state index contributed by atoms with van der Waals surface area (Å²) >= 11 is 5.71. The van der Waals surface area contributed by atoms with Crippen LogP contribution in [0.3, 0.4) is 0 Å². The lowest BCUT2D eigenvalue weighted by Gasteiger charge is -2.09. The first-order chi connectivity index (χ1) is 6.93. The van der Waals surface area contributed by atoms with E-state index in [1.165, 1.54) is 0 Å². The van der Waals surface area contributed by atoms with Gasteiger partial charge in [-0.2, -0.15) is 0 Å². The number of carbonyl (C=O) groups is 1. The monoisotopic (exact) mass is 232 g/mol. The van der Waals surface area contributed by atoms with Gasteiger partial charge in [-0.05, 0) is 25.0 Å². The number of carboxylic acids is 1. The first-order valence-electron chi connectivity index (χ1n) is 4.31. The fourth-order valence-corrected chi connectivity index (χ4v) is 1.50. The molecule has 0 bridgehead atoms. The van der Waals surface area contributed by atoms with Gasteiger partial charge in [-0.25, -0.2) is 4.39 Å². The van der Waals surface area contributed by atoms with Gasteiger partial charge < -0.3 is 10.2 Å². The van der Waals surface area contributed by atoms with Crippen molar-refractivity contribution < 1.29 is 19.4 Å². The van der Waals surface area contributed by atoms with Crippen molar-refractivity contribution >= 4 is 17.6 Å². The Labute approximate surface area is 91.1 Å². The molecule has 3 nitrogen and oxygen atoms in total. The number of phenolic OH excluding ortho intramolecular Hbond substituents is 1. The molecule has 0 heterocycles. The molecule has 82 valence electrons. The minimum Gasteiger partial charge on any atom is -0.505 e. The molecule has 0 aliphatic heterocycles. The predicted molar refractivity (Wildman–Crippen MR) is 53.8 cm³/mol. The molecule has 5 heteroatoms. The maximum Gasteiger partial charge on any atom is 0.303 e. The van der Waals surface area contributed by atoms with Crippen LogP contribution in [-0.4, -0.2) is 16.2 Å². The minimum atomic E-state index is -1.01. The molecule has 0 aromatic heterocycles. The number of aromatic hydroxyl groups is 1. The Morgan fingerprint density at radius 2 is 2.20 bits per heavy atom. The zero-order valence-corrected chi connectivity index (χ0v) is 8.81. The number of benzene rings is 1. The topological polar surface area (TPSA) is 57.5 Å². The maximum absolute atomic E-state index is 13.1. The standard InChI is InChI=1S/C10H10ClFO3/c1-5-6(2-3-9(13)14)10(15)8(12)4-7(5)11/h4,15H,2-3H2,1H3,(H,13,14). The Balaban J connectivity index is 3.09. The van der Waals surface area contributed by atoms with Gasteiger partial charge in [-0.3, -0.25) is 4.79 Å².